The molecule has 0 bridgehead atoms. The Morgan fingerprint density at radius 1 is 1.32 bits per heavy atom. The molecule has 1 amide bonds. The van der Waals surface area contributed by atoms with E-state index in [4.69, 9.17) is 4.52 Å². The molecule has 0 radical (unpaired) electrons. The molecule has 3 heterocycles. The van der Waals surface area contributed by atoms with Crippen molar-refractivity contribution in [1.29, 1.82) is 0 Å². The number of benzene rings is 1. The highest BCUT2D eigenvalue weighted by molar-refractivity contribution is 5.78. The van der Waals surface area contributed by atoms with Crippen LogP contribution in [0.1, 0.15) is 48.0 Å². The van der Waals surface area contributed by atoms with E-state index >= 15 is 0 Å². The Morgan fingerprint density at radius 2 is 2.14 bits per heavy atom. The number of hydrogen-bond acceptors (Lipinski definition) is 5. The van der Waals surface area contributed by atoms with Crippen LogP contribution in [-0.2, 0) is 11.2 Å². The summed E-state index contributed by atoms with van der Waals surface area (Å²) in [4.78, 5) is 34.6. The molecule has 7 nitrogen and oxygen atoms in total. The van der Waals surface area contributed by atoms with Crippen molar-refractivity contribution in [3.05, 3.63) is 57.5 Å². The number of fused-ring (bicyclic) bond motifs is 1. The molecule has 2 aromatic heterocycles. The summed E-state index contributed by atoms with van der Waals surface area (Å²) in [6, 6.07) is 7.34. The summed E-state index contributed by atoms with van der Waals surface area (Å²) in [5.41, 5.74) is 2.44. The number of carbonyl (C=O) groups is 1. The number of piperidine rings is 1. The highest BCUT2D eigenvalue weighted by Gasteiger charge is 2.26. The topological polar surface area (TPSA) is 92.1 Å². The first-order chi connectivity index (χ1) is 13.5. The summed E-state index contributed by atoms with van der Waals surface area (Å²) in [5.74, 6) is 1.62. The number of nitrogens with zero attached hydrogens (tertiary/aromatic N) is 3. The Kier molecular flexibility index (Phi) is 4.98. The lowest BCUT2D eigenvalue weighted by molar-refractivity contribution is -0.132. The van der Waals surface area contributed by atoms with Crippen LogP contribution in [0, 0.1) is 13.8 Å². The Hall–Kier alpha value is -2.96. The van der Waals surface area contributed by atoms with Crippen molar-refractivity contribution in [2.45, 2.75) is 45.4 Å². The van der Waals surface area contributed by atoms with Crippen LogP contribution in [0.15, 0.2) is 33.6 Å². The van der Waals surface area contributed by atoms with E-state index in [0.717, 1.165) is 36.4 Å². The molecule has 28 heavy (non-hydrogen) atoms. The van der Waals surface area contributed by atoms with Gasteiger partial charge in [-0.2, -0.15) is 0 Å². The zero-order valence-electron chi connectivity index (χ0n) is 16.2. The van der Waals surface area contributed by atoms with Gasteiger partial charge in [-0.25, -0.2) is 4.98 Å². The number of aromatic amines is 1. The van der Waals surface area contributed by atoms with E-state index in [1.54, 1.807) is 6.07 Å². The number of amides is 1. The van der Waals surface area contributed by atoms with E-state index in [2.05, 4.69) is 15.1 Å². The molecule has 3 aromatic rings. The molecule has 4 rings (SSSR count). The maximum atomic E-state index is 12.8. The summed E-state index contributed by atoms with van der Waals surface area (Å²) in [6.07, 6.45) is 2.87. The maximum Gasteiger partial charge on any atom is 0.258 e. The zero-order chi connectivity index (χ0) is 19.7. The van der Waals surface area contributed by atoms with Gasteiger partial charge in [0.25, 0.3) is 5.56 Å². The number of H-pyrrole nitrogens is 1. The van der Waals surface area contributed by atoms with Gasteiger partial charge in [-0.05, 0) is 45.2 Å². The molecule has 0 spiro atoms. The van der Waals surface area contributed by atoms with Gasteiger partial charge in [0.15, 0.2) is 0 Å². The Balaban J connectivity index is 1.47. The molecular formula is C21H24N4O3. The van der Waals surface area contributed by atoms with Gasteiger partial charge in [0.05, 0.1) is 16.6 Å². The molecule has 146 valence electrons. The number of carbonyl (C=O) groups excluding carboxylic acids is 1. The van der Waals surface area contributed by atoms with E-state index in [-0.39, 0.29) is 17.4 Å². The van der Waals surface area contributed by atoms with E-state index in [1.165, 1.54) is 0 Å². The predicted octanol–water partition coefficient (Wildman–Crippen LogP) is 2.87. The molecule has 1 aliphatic rings. The standard InChI is InChI=1S/C21H24N4O3/c1-13-16(14(2)28-24-13)9-10-19(26)25-11-5-6-15(12-25)20-22-18-8-4-3-7-17(18)21(27)23-20/h3-4,7-8,15H,5-6,9-12H2,1-2H3,(H,22,23,27). The average molecular weight is 380 g/mol. The minimum atomic E-state index is -0.123. The number of aromatic nitrogens is 3. The van der Waals surface area contributed by atoms with Gasteiger partial charge in [-0.15, -0.1) is 0 Å². The molecule has 1 aromatic carbocycles. The summed E-state index contributed by atoms with van der Waals surface area (Å²) in [6.45, 7) is 5.10. The van der Waals surface area contributed by atoms with Crippen LogP contribution in [0.4, 0.5) is 0 Å². The number of nitrogens with one attached hydrogen (secondary N) is 1. The summed E-state index contributed by atoms with van der Waals surface area (Å²) >= 11 is 0. The molecule has 7 heteroatoms. The van der Waals surface area contributed by atoms with Crippen LogP contribution < -0.4 is 5.56 Å². The minimum Gasteiger partial charge on any atom is -0.361 e. The third-order valence-corrected chi connectivity index (χ3v) is 5.56. The normalized spacial score (nSPS) is 17.2. The fraction of sp³-hybridized carbons (Fsp3) is 0.429. The van der Waals surface area contributed by atoms with Crippen LogP contribution in [-0.4, -0.2) is 39.0 Å². The van der Waals surface area contributed by atoms with Crippen LogP contribution in [0.3, 0.4) is 0 Å². The molecule has 1 N–H and O–H groups in total. The Labute approximate surface area is 162 Å². The predicted molar refractivity (Wildman–Crippen MR) is 105 cm³/mol. The van der Waals surface area contributed by atoms with Crippen LogP contribution >= 0.6 is 0 Å². The number of rotatable bonds is 4. The van der Waals surface area contributed by atoms with Crippen molar-refractivity contribution in [3.8, 4) is 0 Å². The smallest absolute Gasteiger partial charge is 0.258 e. The first kappa shape index (κ1) is 18.4. The van der Waals surface area contributed by atoms with Gasteiger partial charge in [0, 0.05) is 31.0 Å². The molecule has 0 saturated carbocycles. The number of hydrogen-bond donors (Lipinski definition) is 1. The van der Waals surface area contributed by atoms with Crippen LogP contribution in [0.2, 0.25) is 0 Å². The summed E-state index contributed by atoms with van der Waals surface area (Å²) in [7, 11) is 0. The Bertz CT molecular complexity index is 1050. The lowest BCUT2D eigenvalue weighted by Gasteiger charge is -2.32. The molecule has 1 fully saturated rings. The van der Waals surface area contributed by atoms with Crippen molar-refractivity contribution in [1.82, 2.24) is 20.0 Å². The van der Waals surface area contributed by atoms with Gasteiger partial charge in [0.1, 0.15) is 11.6 Å². The van der Waals surface area contributed by atoms with Gasteiger partial charge >= 0.3 is 0 Å². The summed E-state index contributed by atoms with van der Waals surface area (Å²) < 4.78 is 5.18. The number of aryl methyl sites for hydroxylation is 2. The second-order valence-electron chi connectivity index (χ2n) is 7.45. The minimum absolute atomic E-state index is 0.0501. The molecule has 1 unspecified atom stereocenters. The average Bonchev–Trinajstić information content (AvgIpc) is 3.04. The van der Waals surface area contributed by atoms with Crippen LogP contribution in [0.25, 0.3) is 10.9 Å². The fourth-order valence-electron chi connectivity index (χ4n) is 3.97. The third-order valence-electron chi connectivity index (χ3n) is 5.56. The van der Waals surface area contributed by atoms with Crippen LogP contribution in [0.5, 0.6) is 0 Å². The quantitative estimate of drug-likeness (QED) is 0.751. The monoisotopic (exact) mass is 380 g/mol. The SMILES string of the molecule is Cc1noc(C)c1CCC(=O)N1CCCC(c2nc3ccccc3c(=O)[nH]2)C1. The highest BCUT2D eigenvalue weighted by Crippen LogP contribution is 2.25. The van der Waals surface area contributed by atoms with Crippen molar-refractivity contribution < 1.29 is 9.32 Å². The number of likely N-dealkylation sites (tertiary alicyclic amines) is 1. The van der Waals surface area contributed by atoms with Gasteiger partial charge in [0.2, 0.25) is 5.91 Å². The highest BCUT2D eigenvalue weighted by atomic mass is 16.5. The Morgan fingerprint density at radius 3 is 2.93 bits per heavy atom. The molecular weight excluding hydrogens is 356 g/mol. The lowest BCUT2D eigenvalue weighted by atomic mass is 9.96. The van der Waals surface area contributed by atoms with E-state index < -0.39 is 0 Å². The van der Waals surface area contributed by atoms with Crippen molar-refractivity contribution in [2.75, 3.05) is 13.1 Å². The first-order valence-corrected chi connectivity index (χ1v) is 9.71. The number of para-hydroxylation sites is 1. The molecule has 1 saturated heterocycles. The van der Waals surface area contributed by atoms with Gasteiger partial charge < -0.3 is 14.4 Å². The van der Waals surface area contributed by atoms with E-state index in [9.17, 15) is 9.59 Å². The third kappa shape index (κ3) is 3.56. The van der Waals surface area contributed by atoms with Gasteiger partial charge in [-0.1, -0.05) is 17.3 Å². The van der Waals surface area contributed by atoms with E-state index in [1.807, 2.05) is 36.9 Å². The zero-order valence-corrected chi connectivity index (χ0v) is 16.2. The molecule has 1 atom stereocenters. The second kappa shape index (κ2) is 7.58. The fourth-order valence-corrected chi connectivity index (χ4v) is 3.97. The molecule has 1 aliphatic heterocycles. The van der Waals surface area contributed by atoms with Crippen molar-refractivity contribution in [2.24, 2.45) is 0 Å². The van der Waals surface area contributed by atoms with Gasteiger partial charge in [-0.3, -0.25) is 9.59 Å². The van der Waals surface area contributed by atoms with Crippen molar-refractivity contribution >= 4 is 16.8 Å². The lowest BCUT2D eigenvalue weighted by Crippen LogP contribution is -2.40. The van der Waals surface area contributed by atoms with E-state index in [0.29, 0.717) is 36.1 Å². The first-order valence-electron chi connectivity index (χ1n) is 9.71. The maximum absolute atomic E-state index is 12.8. The molecule has 0 aliphatic carbocycles. The summed E-state index contributed by atoms with van der Waals surface area (Å²) in [5, 5.41) is 4.54. The van der Waals surface area contributed by atoms with Crippen molar-refractivity contribution in [3.63, 3.8) is 0 Å². The second-order valence-corrected chi connectivity index (χ2v) is 7.45. The largest absolute Gasteiger partial charge is 0.361 e.